The van der Waals surface area contributed by atoms with Crippen molar-refractivity contribution in [1.82, 2.24) is 4.90 Å². The van der Waals surface area contributed by atoms with Gasteiger partial charge in [0.1, 0.15) is 0 Å². The van der Waals surface area contributed by atoms with Crippen LogP contribution >= 0.6 is 23.2 Å². The molecule has 1 aliphatic rings. The molecule has 0 aliphatic carbocycles. The predicted octanol–water partition coefficient (Wildman–Crippen LogP) is 2.35. The molecule has 0 aromatic rings. The van der Waals surface area contributed by atoms with Gasteiger partial charge >= 0.3 is 5.97 Å². The minimum absolute atomic E-state index is 0.284. The van der Waals surface area contributed by atoms with E-state index in [0.29, 0.717) is 24.0 Å². The molecular formula is C10H15Cl2NO2. The maximum atomic E-state index is 10.9. The first-order valence-corrected chi connectivity index (χ1v) is 5.74. The van der Waals surface area contributed by atoms with Crippen molar-refractivity contribution in [2.45, 2.75) is 13.3 Å². The summed E-state index contributed by atoms with van der Waals surface area (Å²) in [5.41, 5.74) is 1.33. The highest BCUT2D eigenvalue weighted by Crippen LogP contribution is 2.23. The zero-order valence-corrected chi connectivity index (χ0v) is 10.1. The lowest BCUT2D eigenvalue weighted by atomic mass is 9.90. The van der Waals surface area contributed by atoms with Crippen LogP contribution < -0.4 is 0 Å². The third-order valence-electron chi connectivity index (χ3n) is 2.58. The van der Waals surface area contributed by atoms with Crippen molar-refractivity contribution in [2.24, 2.45) is 11.8 Å². The van der Waals surface area contributed by atoms with E-state index in [-0.39, 0.29) is 5.92 Å². The van der Waals surface area contributed by atoms with Gasteiger partial charge in [-0.15, -0.1) is 0 Å². The Hall–Kier alpha value is -0.250. The Morgan fingerprint density at radius 3 is 2.80 bits per heavy atom. The normalized spacial score (nSPS) is 29.1. The summed E-state index contributed by atoms with van der Waals surface area (Å²) in [5.74, 6) is -0.620. The number of carboxylic acids is 1. The Morgan fingerprint density at radius 2 is 2.27 bits per heavy atom. The van der Waals surface area contributed by atoms with Crippen LogP contribution in [0.4, 0.5) is 0 Å². The zero-order chi connectivity index (χ0) is 11.4. The third kappa shape index (κ3) is 4.01. The molecule has 0 radical (unpaired) electrons. The molecule has 3 nitrogen and oxygen atoms in total. The van der Waals surface area contributed by atoms with Crippen LogP contribution in [0.3, 0.4) is 0 Å². The number of halogens is 2. The summed E-state index contributed by atoms with van der Waals surface area (Å²) in [6, 6.07) is 0. The van der Waals surface area contributed by atoms with Gasteiger partial charge in [0.05, 0.1) is 5.92 Å². The molecule has 0 bridgehead atoms. The number of hydrogen-bond acceptors (Lipinski definition) is 2. The van der Waals surface area contributed by atoms with Gasteiger partial charge in [-0.1, -0.05) is 30.1 Å². The topological polar surface area (TPSA) is 40.5 Å². The molecule has 0 aromatic heterocycles. The summed E-state index contributed by atoms with van der Waals surface area (Å²) >= 11 is 11.3. The standard InChI is InChI=1S/C10H15Cl2NO2/c1-7-2-8(10(14)15)5-13(4-7)6-9(12)3-11/h3,7-8H,2,4-6H2,1H3,(H,14,15)/b9-3-. The lowest BCUT2D eigenvalue weighted by molar-refractivity contribution is -0.144. The molecule has 1 rings (SSSR count). The highest BCUT2D eigenvalue weighted by atomic mass is 35.5. The quantitative estimate of drug-likeness (QED) is 0.838. The first kappa shape index (κ1) is 12.8. The molecule has 2 unspecified atom stereocenters. The molecule has 15 heavy (non-hydrogen) atoms. The lowest BCUT2D eigenvalue weighted by Crippen LogP contribution is -2.42. The molecule has 0 amide bonds. The number of hydrogen-bond donors (Lipinski definition) is 1. The van der Waals surface area contributed by atoms with E-state index >= 15 is 0 Å². The average Bonchev–Trinajstić information content (AvgIpc) is 2.16. The van der Waals surface area contributed by atoms with Crippen molar-refractivity contribution in [3.63, 3.8) is 0 Å². The third-order valence-corrected chi connectivity index (χ3v) is 3.18. The van der Waals surface area contributed by atoms with Crippen molar-refractivity contribution < 1.29 is 9.90 Å². The fourth-order valence-corrected chi connectivity index (χ4v) is 2.26. The van der Waals surface area contributed by atoms with Gasteiger partial charge in [0, 0.05) is 30.2 Å². The fraction of sp³-hybridized carbons (Fsp3) is 0.700. The Morgan fingerprint density at radius 1 is 1.60 bits per heavy atom. The predicted molar refractivity (Wildman–Crippen MR) is 61.1 cm³/mol. The highest BCUT2D eigenvalue weighted by molar-refractivity contribution is 6.36. The number of aliphatic carboxylic acids is 1. The SMILES string of the molecule is CC1CC(C(=O)O)CN(C/C(Cl)=C/Cl)C1. The second-order valence-corrected chi connectivity index (χ2v) is 4.83. The molecule has 1 N–H and O–H groups in total. The van der Waals surface area contributed by atoms with E-state index in [1.165, 1.54) is 5.54 Å². The van der Waals surface area contributed by atoms with Crippen molar-refractivity contribution in [1.29, 1.82) is 0 Å². The molecule has 0 spiro atoms. The molecule has 0 aromatic carbocycles. The van der Waals surface area contributed by atoms with Crippen LogP contribution in [0.2, 0.25) is 0 Å². The van der Waals surface area contributed by atoms with Crippen LogP contribution in [-0.4, -0.2) is 35.6 Å². The first-order chi connectivity index (χ1) is 7.02. The van der Waals surface area contributed by atoms with E-state index < -0.39 is 5.97 Å². The first-order valence-electron chi connectivity index (χ1n) is 4.92. The monoisotopic (exact) mass is 251 g/mol. The van der Waals surface area contributed by atoms with Gasteiger partial charge in [0.25, 0.3) is 0 Å². The van der Waals surface area contributed by atoms with E-state index in [1.807, 2.05) is 4.90 Å². The molecule has 1 saturated heterocycles. The Labute approximate surface area is 99.7 Å². The minimum atomic E-state index is -0.725. The van der Waals surface area contributed by atoms with Gasteiger partial charge in [0.15, 0.2) is 0 Å². The maximum Gasteiger partial charge on any atom is 0.307 e. The molecule has 1 aliphatic heterocycles. The van der Waals surface area contributed by atoms with Gasteiger partial charge in [-0.2, -0.15) is 0 Å². The summed E-state index contributed by atoms with van der Waals surface area (Å²) in [6.45, 7) is 4.03. The lowest BCUT2D eigenvalue weighted by Gasteiger charge is -2.34. The van der Waals surface area contributed by atoms with Crippen molar-refractivity contribution in [3.8, 4) is 0 Å². The van der Waals surface area contributed by atoms with Crippen LogP contribution in [0.25, 0.3) is 0 Å². The molecule has 1 heterocycles. The van der Waals surface area contributed by atoms with Crippen LogP contribution in [0.1, 0.15) is 13.3 Å². The molecule has 5 heteroatoms. The van der Waals surface area contributed by atoms with Crippen LogP contribution in [0, 0.1) is 11.8 Å². The summed E-state index contributed by atoms with van der Waals surface area (Å²) < 4.78 is 0. The summed E-state index contributed by atoms with van der Waals surface area (Å²) in [6.07, 6.45) is 0.744. The van der Waals surface area contributed by atoms with E-state index in [9.17, 15) is 4.79 Å². The van der Waals surface area contributed by atoms with Gasteiger partial charge in [-0.25, -0.2) is 0 Å². The number of carboxylic acid groups (broad SMARTS) is 1. The second kappa shape index (κ2) is 5.73. The number of carbonyl (C=O) groups is 1. The van der Waals surface area contributed by atoms with E-state index in [1.54, 1.807) is 0 Å². The maximum absolute atomic E-state index is 10.9. The van der Waals surface area contributed by atoms with Crippen molar-refractivity contribution in [3.05, 3.63) is 10.6 Å². The minimum Gasteiger partial charge on any atom is -0.481 e. The van der Waals surface area contributed by atoms with E-state index in [4.69, 9.17) is 28.3 Å². The largest absolute Gasteiger partial charge is 0.481 e. The van der Waals surface area contributed by atoms with Crippen molar-refractivity contribution in [2.75, 3.05) is 19.6 Å². The Balaban J connectivity index is 2.55. The summed E-state index contributed by atoms with van der Waals surface area (Å²) in [5, 5.41) is 9.52. The molecule has 2 atom stereocenters. The fourth-order valence-electron chi connectivity index (χ4n) is 2.02. The van der Waals surface area contributed by atoms with Gasteiger partial charge < -0.3 is 5.11 Å². The highest BCUT2D eigenvalue weighted by Gasteiger charge is 2.29. The average molecular weight is 252 g/mol. The van der Waals surface area contributed by atoms with Gasteiger partial charge in [-0.3, -0.25) is 9.69 Å². The molecule has 1 fully saturated rings. The number of rotatable bonds is 3. The van der Waals surface area contributed by atoms with Gasteiger partial charge in [0.2, 0.25) is 0 Å². The molecule has 86 valence electrons. The Bertz CT molecular complexity index is 268. The number of likely N-dealkylation sites (tertiary alicyclic amines) is 1. The second-order valence-electron chi connectivity index (χ2n) is 4.13. The Kier molecular flexibility index (Phi) is 4.90. The van der Waals surface area contributed by atoms with Crippen LogP contribution in [0.15, 0.2) is 10.6 Å². The van der Waals surface area contributed by atoms with Crippen LogP contribution in [-0.2, 0) is 4.79 Å². The van der Waals surface area contributed by atoms with Crippen molar-refractivity contribution >= 4 is 29.2 Å². The summed E-state index contributed by atoms with van der Waals surface area (Å²) in [7, 11) is 0. The smallest absolute Gasteiger partial charge is 0.307 e. The van der Waals surface area contributed by atoms with E-state index in [2.05, 4.69) is 6.92 Å². The van der Waals surface area contributed by atoms with Crippen LogP contribution in [0.5, 0.6) is 0 Å². The van der Waals surface area contributed by atoms with E-state index in [0.717, 1.165) is 13.0 Å². The summed E-state index contributed by atoms with van der Waals surface area (Å²) in [4.78, 5) is 12.9. The number of piperidine rings is 1. The molecule has 0 saturated carbocycles. The number of nitrogens with zero attached hydrogens (tertiary/aromatic N) is 1. The zero-order valence-electron chi connectivity index (χ0n) is 8.62. The van der Waals surface area contributed by atoms with Gasteiger partial charge in [-0.05, 0) is 12.3 Å². The molecular weight excluding hydrogens is 237 g/mol.